The van der Waals surface area contributed by atoms with Gasteiger partial charge in [-0.2, -0.15) is 5.10 Å². The summed E-state index contributed by atoms with van der Waals surface area (Å²) in [5, 5.41) is 13.7. The zero-order chi connectivity index (χ0) is 14.0. The summed E-state index contributed by atoms with van der Waals surface area (Å²) < 4.78 is 15.4. The molecule has 0 spiro atoms. The van der Waals surface area contributed by atoms with Crippen molar-refractivity contribution in [1.82, 2.24) is 9.78 Å². The van der Waals surface area contributed by atoms with Crippen molar-refractivity contribution in [2.45, 2.75) is 20.1 Å². The second-order valence-corrected chi connectivity index (χ2v) is 4.62. The molecule has 2 aromatic rings. The Morgan fingerprint density at radius 1 is 1.37 bits per heavy atom. The third kappa shape index (κ3) is 2.61. The molecule has 0 aliphatic rings. The molecule has 0 atom stereocenters. The van der Waals surface area contributed by atoms with Crippen LogP contribution in [0.15, 0.2) is 24.3 Å². The second kappa shape index (κ2) is 5.40. The predicted octanol–water partition coefficient (Wildman–Crippen LogP) is 2.00. The highest BCUT2D eigenvalue weighted by Gasteiger charge is 2.17. The molecule has 0 bridgehead atoms. The minimum atomic E-state index is -0.223. The molecule has 0 unspecified atom stereocenters. The fourth-order valence-electron chi connectivity index (χ4n) is 2.31. The molecule has 0 saturated heterocycles. The number of halogens is 1. The van der Waals surface area contributed by atoms with Crippen molar-refractivity contribution in [2.24, 2.45) is 7.05 Å². The highest BCUT2D eigenvalue weighted by atomic mass is 19.1. The molecule has 0 saturated carbocycles. The van der Waals surface area contributed by atoms with E-state index in [1.54, 1.807) is 16.8 Å². The van der Waals surface area contributed by atoms with Crippen molar-refractivity contribution < 1.29 is 9.50 Å². The van der Waals surface area contributed by atoms with Gasteiger partial charge in [-0.05, 0) is 13.0 Å². The summed E-state index contributed by atoms with van der Waals surface area (Å²) in [6.45, 7) is 2.21. The zero-order valence-electron chi connectivity index (χ0n) is 11.4. The molecule has 1 N–H and O–H groups in total. The van der Waals surface area contributed by atoms with E-state index >= 15 is 0 Å². The van der Waals surface area contributed by atoms with E-state index in [1.807, 2.05) is 32.0 Å². The van der Waals surface area contributed by atoms with E-state index in [0.717, 1.165) is 17.1 Å². The van der Waals surface area contributed by atoms with Crippen LogP contribution in [0.5, 0.6) is 0 Å². The number of nitrogens with zero attached hydrogens (tertiary/aromatic N) is 3. The summed E-state index contributed by atoms with van der Waals surface area (Å²) in [4.78, 5) is 1.89. The molecule has 19 heavy (non-hydrogen) atoms. The zero-order valence-corrected chi connectivity index (χ0v) is 11.4. The minimum Gasteiger partial charge on any atom is -0.391 e. The minimum absolute atomic E-state index is 0.0728. The molecule has 5 heteroatoms. The van der Waals surface area contributed by atoms with Gasteiger partial charge in [-0.25, -0.2) is 4.39 Å². The Kier molecular flexibility index (Phi) is 3.85. The summed E-state index contributed by atoms with van der Waals surface area (Å²) in [5.74, 6) is 0.585. The summed E-state index contributed by atoms with van der Waals surface area (Å²) in [7, 11) is 3.68. The molecule has 0 aliphatic heterocycles. The fourth-order valence-corrected chi connectivity index (χ4v) is 2.31. The summed E-state index contributed by atoms with van der Waals surface area (Å²) >= 11 is 0. The lowest BCUT2D eigenvalue weighted by Crippen LogP contribution is -2.21. The van der Waals surface area contributed by atoms with Crippen LogP contribution < -0.4 is 4.90 Å². The summed E-state index contributed by atoms with van der Waals surface area (Å²) in [5.41, 5.74) is 2.19. The number of aliphatic hydroxyl groups is 1. The molecular formula is C14H18FN3O. The SMILES string of the molecule is Cc1nn(C)c(N(C)Cc2ccccc2F)c1CO. The smallest absolute Gasteiger partial charge is 0.132 e. The van der Waals surface area contributed by atoms with Crippen molar-refractivity contribution in [3.05, 3.63) is 46.9 Å². The Bertz CT molecular complexity index is 580. The van der Waals surface area contributed by atoms with Gasteiger partial charge in [0, 0.05) is 31.8 Å². The lowest BCUT2D eigenvalue weighted by atomic mass is 10.2. The van der Waals surface area contributed by atoms with Crippen LogP contribution in [0.1, 0.15) is 16.8 Å². The molecule has 1 aromatic heterocycles. The third-order valence-electron chi connectivity index (χ3n) is 3.20. The van der Waals surface area contributed by atoms with Gasteiger partial charge < -0.3 is 10.0 Å². The Morgan fingerprint density at radius 2 is 2.05 bits per heavy atom. The maximum absolute atomic E-state index is 13.7. The van der Waals surface area contributed by atoms with Crippen LogP contribution in [0.4, 0.5) is 10.2 Å². The van der Waals surface area contributed by atoms with Crippen LogP contribution in [0.2, 0.25) is 0 Å². The second-order valence-electron chi connectivity index (χ2n) is 4.62. The highest BCUT2D eigenvalue weighted by molar-refractivity contribution is 5.49. The number of rotatable bonds is 4. The van der Waals surface area contributed by atoms with E-state index in [2.05, 4.69) is 5.10 Å². The van der Waals surface area contributed by atoms with Crippen molar-refractivity contribution in [3.63, 3.8) is 0 Å². The first-order valence-electron chi connectivity index (χ1n) is 6.12. The van der Waals surface area contributed by atoms with Gasteiger partial charge in [0.15, 0.2) is 0 Å². The molecule has 102 valence electrons. The van der Waals surface area contributed by atoms with Crippen molar-refractivity contribution >= 4 is 5.82 Å². The Balaban J connectivity index is 2.30. The Labute approximate surface area is 112 Å². The van der Waals surface area contributed by atoms with Gasteiger partial charge in [-0.15, -0.1) is 0 Å². The van der Waals surface area contributed by atoms with Gasteiger partial charge in [0.1, 0.15) is 11.6 Å². The molecule has 0 radical (unpaired) electrons. The van der Waals surface area contributed by atoms with Gasteiger partial charge in [-0.1, -0.05) is 18.2 Å². The van der Waals surface area contributed by atoms with Crippen molar-refractivity contribution in [2.75, 3.05) is 11.9 Å². The molecule has 2 rings (SSSR count). The third-order valence-corrected chi connectivity index (χ3v) is 3.20. The van der Waals surface area contributed by atoms with Gasteiger partial charge >= 0.3 is 0 Å². The van der Waals surface area contributed by atoms with E-state index < -0.39 is 0 Å². The average Bonchev–Trinajstić information content (AvgIpc) is 2.66. The van der Waals surface area contributed by atoms with Crippen LogP contribution in [0.3, 0.4) is 0 Å². The van der Waals surface area contributed by atoms with Gasteiger partial charge in [0.2, 0.25) is 0 Å². The van der Waals surface area contributed by atoms with E-state index in [4.69, 9.17) is 0 Å². The van der Waals surface area contributed by atoms with Crippen LogP contribution in [-0.2, 0) is 20.2 Å². The number of benzene rings is 1. The Morgan fingerprint density at radius 3 is 2.68 bits per heavy atom. The molecule has 0 amide bonds. The lowest BCUT2D eigenvalue weighted by Gasteiger charge is -2.21. The quantitative estimate of drug-likeness (QED) is 0.917. The van der Waals surface area contributed by atoms with E-state index in [1.165, 1.54) is 6.07 Å². The Hall–Kier alpha value is -1.88. The fraction of sp³-hybridized carbons (Fsp3) is 0.357. The number of aliphatic hydroxyl groups excluding tert-OH is 1. The predicted molar refractivity (Wildman–Crippen MR) is 72.4 cm³/mol. The van der Waals surface area contributed by atoms with Crippen LogP contribution in [0.25, 0.3) is 0 Å². The van der Waals surface area contributed by atoms with E-state index in [-0.39, 0.29) is 12.4 Å². The number of hydrogen-bond acceptors (Lipinski definition) is 3. The van der Waals surface area contributed by atoms with E-state index in [9.17, 15) is 9.50 Å². The van der Waals surface area contributed by atoms with Crippen LogP contribution in [0, 0.1) is 12.7 Å². The van der Waals surface area contributed by atoms with Crippen LogP contribution >= 0.6 is 0 Å². The van der Waals surface area contributed by atoms with Crippen molar-refractivity contribution in [3.8, 4) is 0 Å². The van der Waals surface area contributed by atoms with Crippen LogP contribution in [-0.4, -0.2) is 21.9 Å². The summed E-state index contributed by atoms with van der Waals surface area (Å²) in [6.07, 6.45) is 0. The average molecular weight is 263 g/mol. The van der Waals surface area contributed by atoms with Gasteiger partial charge in [-0.3, -0.25) is 4.68 Å². The highest BCUT2D eigenvalue weighted by Crippen LogP contribution is 2.24. The first-order valence-corrected chi connectivity index (χ1v) is 6.12. The lowest BCUT2D eigenvalue weighted by molar-refractivity contribution is 0.281. The molecule has 4 nitrogen and oxygen atoms in total. The molecule has 1 heterocycles. The topological polar surface area (TPSA) is 41.3 Å². The van der Waals surface area contributed by atoms with E-state index in [0.29, 0.717) is 12.1 Å². The molecular weight excluding hydrogens is 245 g/mol. The summed E-state index contributed by atoms with van der Waals surface area (Å²) in [6, 6.07) is 6.69. The maximum Gasteiger partial charge on any atom is 0.132 e. The largest absolute Gasteiger partial charge is 0.391 e. The molecule has 0 fully saturated rings. The monoisotopic (exact) mass is 263 g/mol. The first-order chi connectivity index (χ1) is 9.04. The maximum atomic E-state index is 13.7. The molecule has 1 aromatic carbocycles. The molecule has 0 aliphatic carbocycles. The van der Waals surface area contributed by atoms with Crippen molar-refractivity contribution in [1.29, 1.82) is 0 Å². The first kappa shape index (κ1) is 13.5. The number of aromatic nitrogens is 2. The standard InChI is InChI=1S/C14H18FN3O/c1-10-12(9-19)14(18(3)16-10)17(2)8-11-6-4-5-7-13(11)15/h4-7,19H,8-9H2,1-3H3. The normalized spacial score (nSPS) is 10.8. The number of aryl methyl sites for hydroxylation is 2. The number of anilines is 1. The van der Waals surface area contributed by atoms with Gasteiger partial charge in [0.25, 0.3) is 0 Å². The van der Waals surface area contributed by atoms with Gasteiger partial charge in [0.05, 0.1) is 12.3 Å². The number of hydrogen-bond donors (Lipinski definition) is 1.